The van der Waals surface area contributed by atoms with Gasteiger partial charge in [-0.2, -0.15) is 0 Å². The third kappa shape index (κ3) is 7.27. The van der Waals surface area contributed by atoms with Gasteiger partial charge in [-0.3, -0.25) is 4.79 Å². The molecule has 0 radical (unpaired) electrons. The zero-order valence-corrected chi connectivity index (χ0v) is 21.0. The minimum atomic E-state index is -4.75. The lowest BCUT2D eigenvalue weighted by Gasteiger charge is -2.15. The maximum Gasteiger partial charge on any atom is 0.573 e. The first-order valence-electron chi connectivity index (χ1n) is 12.5. The highest BCUT2D eigenvalue weighted by Gasteiger charge is 2.31. The smallest absolute Gasteiger partial charge is 0.493 e. The van der Waals surface area contributed by atoms with Gasteiger partial charge >= 0.3 is 12.3 Å². The number of halogens is 3. The van der Waals surface area contributed by atoms with Crippen LogP contribution in [0.1, 0.15) is 38.2 Å². The Morgan fingerprint density at radius 2 is 1.66 bits per heavy atom. The number of fused-ring (bicyclic) bond motifs is 1. The molecule has 0 N–H and O–H groups in total. The van der Waals surface area contributed by atoms with Crippen molar-refractivity contribution in [1.29, 1.82) is 0 Å². The molecule has 0 atom stereocenters. The number of unbranched alkanes of at least 4 members (excludes halogenated alkanes) is 2. The molecule has 0 unspecified atom stereocenters. The van der Waals surface area contributed by atoms with Crippen molar-refractivity contribution in [3.05, 3.63) is 78.4 Å². The van der Waals surface area contributed by atoms with E-state index in [9.17, 15) is 18.0 Å². The van der Waals surface area contributed by atoms with Gasteiger partial charge in [0.1, 0.15) is 17.3 Å². The Balaban J connectivity index is 1.50. The Morgan fingerprint density at radius 3 is 2.42 bits per heavy atom. The number of alkyl halides is 3. The number of benzene rings is 3. The van der Waals surface area contributed by atoms with Gasteiger partial charge in [0, 0.05) is 17.5 Å². The van der Waals surface area contributed by atoms with Crippen LogP contribution in [0.15, 0.2) is 72.8 Å². The molecule has 0 fully saturated rings. The molecule has 1 aromatic heterocycles. The van der Waals surface area contributed by atoms with E-state index in [2.05, 4.69) is 4.74 Å². The quantitative estimate of drug-likeness (QED) is 0.145. The van der Waals surface area contributed by atoms with Gasteiger partial charge in [-0.1, -0.05) is 30.3 Å². The van der Waals surface area contributed by atoms with E-state index >= 15 is 0 Å². The van der Waals surface area contributed by atoms with Crippen LogP contribution in [0.5, 0.6) is 11.5 Å². The van der Waals surface area contributed by atoms with Gasteiger partial charge in [0.2, 0.25) is 0 Å². The lowest BCUT2D eigenvalue weighted by Crippen LogP contribution is -2.17. The number of hydrogen-bond donors (Lipinski definition) is 0. The molecule has 38 heavy (non-hydrogen) atoms. The summed E-state index contributed by atoms with van der Waals surface area (Å²) in [6, 6.07) is 21.1. The van der Waals surface area contributed by atoms with Crippen molar-refractivity contribution in [1.82, 2.24) is 9.55 Å². The molecular weight excluding hydrogens is 497 g/mol. The van der Waals surface area contributed by atoms with E-state index in [1.54, 1.807) is 19.1 Å². The van der Waals surface area contributed by atoms with Crippen molar-refractivity contribution < 1.29 is 32.2 Å². The minimum absolute atomic E-state index is 0.176. The summed E-state index contributed by atoms with van der Waals surface area (Å²) >= 11 is 0. The third-order valence-electron chi connectivity index (χ3n) is 5.89. The first-order chi connectivity index (χ1) is 18.3. The van der Waals surface area contributed by atoms with Crippen LogP contribution < -0.4 is 9.47 Å². The predicted molar refractivity (Wildman–Crippen MR) is 138 cm³/mol. The number of carbonyl (C=O) groups is 1. The fraction of sp³-hybridized carbons (Fsp3) is 0.310. The van der Waals surface area contributed by atoms with Crippen LogP contribution in [0.4, 0.5) is 13.2 Å². The van der Waals surface area contributed by atoms with E-state index in [1.165, 1.54) is 12.1 Å². The monoisotopic (exact) mass is 526 g/mol. The van der Waals surface area contributed by atoms with Gasteiger partial charge in [0.05, 0.1) is 30.8 Å². The fourth-order valence-electron chi connectivity index (χ4n) is 4.17. The molecular formula is C29H29F3N2O4. The molecule has 0 aliphatic heterocycles. The molecule has 0 spiro atoms. The number of rotatable bonds is 12. The van der Waals surface area contributed by atoms with Crippen LogP contribution in [0, 0.1) is 0 Å². The van der Waals surface area contributed by atoms with Gasteiger partial charge in [-0.05, 0) is 68.7 Å². The predicted octanol–water partition coefficient (Wildman–Crippen LogP) is 7.15. The van der Waals surface area contributed by atoms with Crippen molar-refractivity contribution in [2.45, 2.75) is 45.5 Å². The van der Waals surface area contributed by atoms with E-state index in [-0.39, 0.29) is 11.7 Å². The second kappa shape index (κ2) is 12.5. The van der Waals surface area contributed by atoms with Crippen molar-refractivity contribution in [2.24, 2.45) is 0 Å². The molecule has 200 valence electrons. The molecule has 6 nitrogen and oxygen atoms in total. The highest BCUT2D eigenvalue weighted by molar-refractivity contribution is 5.81. The van der Waals surface area contributed by atoms with E-state index in [0.717, 1.165) is 41.6 Å². The van der Waals surface area contributed by atoms with Gasteiger partial charge in [0.15, 0.2) is 0 Å². The number of para-hydroxylation sites is 3. The Bertz CT molecular complexity index is 1350. The van der Waals surface area contributed by atoms with Crippen LogP contribution in [-0.4, -0.2) is 35.1 Å². The lowest BCUT2D eigenvalue weighted by molar-refractivity contribution is -0.274. The van der Waals surface area contributed by atoms with E-state index < -0.39 is 6.36 Å². The second-order valence-corrected chi connectivity index (χ2v) is 8.65. The molecule has 9 heteroatoms. The Labute approximate surface area is 219 Å². The van der Waals surface area contributed by atoms with E-state index in [4.69, 9.17) is 14.5 Å². The van der Waals surface area contributed by atoms with Crippen molar-refractivity contribution >= 4 is 17.0 Å². The third-order valence-corrected chi connectivity index (χ3v) is 5.89. The molecule has 0 saturated heterocycles. The maximum atomic E-state index is 12.6. The summed E-state index contributed by atoms with van der Waals surface area (Å²) in [5, 5.41) is 0. The van der Waals surface area contributed by atoms with Gasteiger partial charge in [0.25, 0.3) is 0 Å². The molecule has 0 bridgehead atoms. The lowest BCUT2D eigenvalue weighted by atomic mass is 10.1. The number of nitrogens with zero attached hydrogens (tertiary/aromatic N) is 2. The molecule has 4 aromatic rings. The van der Waals surface area contributed by atoms with Crippen molar-refractivity contribution in [2.75, 3.05) is 13.2 Å². The topological polar surface area (TPSA) is 62.6 Å². The van der Waals surface area contributed by atoms with Crippen molar-refractivity contribution in [3.8, 4) is 22.9 Å². The van der Waals surface area contributed by atoms with Gasteiger partial charge in [-0.15, -0.1) is 13.2 Å². The van der Waals surface area contributed by atoms with Crippen LogP contribution in [0.25, 0.3) is 22.4 Å². The molecule has 1 heterocycles. The van der Waals surface area contributed by atoms with Crippen LogP contribution in [0.2, 0.25) is 0 Å². The number of esters is 1. The molecule has 4 rings (SSSR count). The molecule has 3 aromatic carbocycles. The van der Waals surface area contributed by atoms with Crippen LogP contribution in [0.3, 0.4) is 0 Å². The number of hydrogen-bond acceptors (Lipinski definition) is 5. The summed E-state index contributed by atoms with van der Waals surface area (Å²) in [6.45, 7) is 3.15. The zero-order valence-electron chi connectivity index (χ0n) is 21.0. The summed E-state index contributed by atoms with van der Waals surface area (Å²) < 4.78 is 54.8. The van der Waals surface area contributed by atoms with E-state index in [0.29, 0.717) is 37.6 Å². The highest BCUT2D eigenvalue weighted by Crippen LogP contribution is 2.30. The Hall–Kier alpha value is -4.01. The molecule has 0 aliphatic carbocycles. The first-order valence-corrected chi connectivity index (χ1v) is 12.5. The minimum Gasteiger partial charge on any atom is -0.493 e. The molecule has 0 aliphatic rings. The first kappa shape index (κ1) is 27.0. The maximum absolute atomic E-state index is 12.6. The standard InChI is InChI=1S/C29H29F3N2O4/c1-2-36-27(35)14-4-3-9-19-37-26-13-8-5-10-22(26)20-34-25-12-7-6-11-24(25)33-28(34)21-15-17-23(18-16-21)38-29(30,31)32/h5-8,10-13,15-18H,2-4,9,14,19-20H2,1H3. The average Bonchev–Trinajstić information content (AvgIpc) is 3.25. The number of carbonyl (C=O) groups excluding carboxylic acids is 1. The summed E-state index contributed by atoms with van der Waals surface area (Å²) in [7, 11) is 0. The highest BCUT2D eigenvalue weighted by atomic mass is 19.4. The van der Waals surface area contributed by atoms with Crippen molar-refractivity contribution in [3.63, 3.8) is 0 Å². The number of imidazole rings is 1. The largest absolute Gasteiger partial charge is 0.573 e. The fourth-order valence-corrected chi connectivity index (χ4v) is 4.17. The molecule has 0 amide bonds. The van der Waals surface area contributed by atoms with Gasteiger partial charge in [-0.25, -0.2) is 4.98 Å². The Morgan fingerprint density at radius 1 is 0.921 bits per heavy atom. The summed E-state index contributed by atoms with van der Waals surface area (Å²) in [5.41, 5.74) is 3.28. The summed E-state index contributed by atoms with van der Waals surface area (Å²) in [5.74, 6) is 0.906. The number of ether oxygens (including phenoxy) is 3. The van der Waals surface area contributed by atoms with Gasteiger partial charge < -0.3 is 18.8 Å². The number of aromatic nitrogens is 2. The molecule has 0 saturated carbocycles. The van der Waals surface area contributed by atoms with Crippen LogP contribution in [-0.2, 0) is 16.1 Å². The Kier molecular flexibility index (Phi) is 8.89. The second-order valence-electron chi connectivity index (χ2n) is 8.65. The summed E-state index contributed by atoms with van der Waals surface area (Å²) in [6.07, 6.45) is -1.94. The zero-order chi connectivity index (χ0) is 27.0. The normalized spacial score (nSPS) is 11.5. The van der Waals surface area contributed by atoms with Crippen LogP contribution >= 0.6 is 0 Å². The summed E-state index contributed by atoms with van der Waals surface area (Å²) in [4.78, 5) is 16.2. The van der Waals surface area contributed by atoms with E-state index in [1.807, 2.05) is 53.1 Å². The average molecular weight is 527 g/mol. The SMILES string of the molecule is CCOC(=O)CCCCCOc1ccccc1Cn1c(-c2ccc(OC(F)(F)F)cc2)nc2ccccc21.